The van der Waals surface area contributed by atoms with Crippen LogP contribution in [0.25, 0.3) is 0 Å². The average molecular weight is 364 g/mol. The van der Waals surface area contributed by atoms with Crippen molar-refractivity contribution in [1.29, 1.82) is 0 Å². The maximum absolute atomic E-state index is 12.3. The number of rotatable bonds is 6. The highest BCUT2D eigenvalue weighted by molar-refractivity contribution is 9.10. The van der Waals surface area contributed by atoms with Crippen molar-refractivity contribution in [3.8, 4) is 0 Å². The summed E-state index contributed by atoms with van der Waals surface area (Å²) in [5.41, 5.74) is 2.45. The first-order chi connectivity index (χ1) is 10.5. The predicted molar refractivity (Wildman–Crippen MR) is 91.9 cm³/mol. The largest absolute Gasteiger partial charge is 0.444 e. The van der Waals surface area contributed by atoms with Crippen LogP contribution < -0.4 is 5.32 Å². The molecule has 0 saturated heterocycles. The Bertz CT molecular complexity index is 616. The average Bonchev–Trinajstić information content (AvgIpc) is 2.92. The minimum Gasteiger partial charge on any atom is -0.444 e. The Labute approximate surface area is 140 Å². The quantitative estimate of drug-likeness (QED) is 0.773. The molecule has 3 nitrogen and oxygen atoms in total. The fraction of sp³-hybridized carbons (Fsp3) is 0.389. The van der Waals surface area contributed by atoms with Crippen LogP contribution in [0.15, 0.2) is 45.5 Å². The minimum absolute atomic E-state index is 0.0351. The molecule has 118 valence electrons. The Kier molecular flexibility index (Phi) is 5.83. The van der Waals surface area contributed by atoms with Crippen LogP contribution >= 0.6 is 15.9 Å². The van der Waals surface area contributed by atoms with Crippen LogP contribution in [0.3, 0.4) is 0 Å². The second-order valence-corrected chi connectivity index (χ2v) is 6.57. The van der Waals surface area contributed by atoms with Gasteiger partial charge in [0.2, 0.25) is 0 Å². The van der Waals surface area contributed by atoms with Gasteiger partial charge >= 0.3 is 0 Å². The number of hydrogen-bond acceptors (Lipinski definition) is 2. The van der Waals surface area contributed by atoms with Gasteiger partial charge in [-0.25, -0.2) is 0 Å². The highest BCUT2D eigenvalue weighted by Gasteiger charge is 2.20. The fourth-order valence-corrected chi connectivity index (χ4v) is 2.77. The van der Waals surface area contributed by atoms with Gasteiger partial charge in [0, 0.05) is 0 Å². The second-order valence-electron chi connectivity index (χ2n) is 5.79. The van der Waals surface area contributed by atoms with Gasteiger partial charge in [-0.3, -0.25) is 4.79 Å². The molecule has 0 spiro atoms. The maximum atomic E-state index is 12.3. The third-order valence-corrected chi connectivity index (χ3v) is 4.05. The zero-order valence-electron chi connectivity index (χ0n) is 13.2. The van der Waals surface area contributed by atoms with E-state index in [0.717, 1.165) is 18.4 Å². The molecule has 0 bridgehead atoms. The van der Waals surface area contributed by atoms with Gasteiger partial charge in [0.05, 0.1) is 6.04 Å². The molecule has 22 heavy (non-hydrogen) atoms. The van der Waals surface area contributed by atoms with E-state index in [1.54, 1.807) is 12.1 Å². The Balaban J connectivity index is 2.14. The number of halogens is 1. The molecule has 4 heteroatoms. The molecule has 1 aromatic heterocycles. The molecule has 0 aliphatic carbocycles. The molecule has 2 aromatic rings. The summed E-state index contributed by atoms with van der Waals surface area (Å²) in [5, 5.41) is 3.06. The van der Waals surface area contributed by atoms with Gasteiger partial charge in [-0.05, 0) is 51.5 Å². The first kappa shape index (κ1) is 16.8. The van der Waals surface area contributed by atoms with E-state index in [1.807, 2.05) is 0 Å². The molecule has 0 radical (unpaired) electrons. The van der Waals surface area contributed by atoms with E-state index in [9.17, 15) is 4.79 Å². The van der Waals surface area contributed by atoms with Crippen LogP contribution in [0.1, 0.15) is 54.9 Å². The van der Waals surface area contributed by atoms with Gasteiger partial charge in [-0.1, -0.05) is 51.5 Å². The number of aryl methyl sites for hydroxylation is 1. The predicted octanol–water partition coefficient (Wildman–Crippen LogP) is 5.12. The molecule has 2 rings (SSSR count). The van der Waals surface area contributed by atoms with Crippen molar-refractivity contribution in [3.63, 3.8) is 0 Å². The maximum Gasteiger partial charge on any atom is 0.287 e. The van der Waals surface area contributed by atoms with Crippen molar-refractivity contribution < 1.29 is 9.21 Å². The number of amides is 1. The Morgan fingerprint density at radius 3 is 2.36 bits per heavy atom. The number of furan rings is 1. The summed E-state index contributed by atoms with van der Waals surface area (Å²) in [6, 6.07) is 11.8. The molecule has 0 fully saturated rings. The van der Waals surface area contributed by atoms with Crippen LogP contribution in [0.4, 0.5) is 0 Å². The molecule has 1 unspecified atom stereocenters. The smallest absolute Gasteiger partial charge is 0.287 e. The van der Waals surface area contributed by atoms with Crippen molar-refractivity contribution in [2.45, 2.75) is 39.7 Å². The topological polar surface area (TPSA) is 42.2 Å². The third-order valence-electron chi connectivity index (χ3n) is 3.63. The number of benzene rings is 1. The normalized spacial score (nSPS) is 12.4. The highest BCUT2D eigenvalue weighted by atomic mass is 79.9. The molecule has 1 atom stereocenters. The van der Waals surface area contributed by atoms with E-state index >= 15 is 0 Å². The van der Waals surface area contributed by atoms with E-state index in [4.69, 9.17) is 4.42 Å². The van der Waals surface area contributed by atoms with Crippen molar-refractivity contribution in [3.05, 3.63) is 58.0 Å². The van der Waals surface area contributed by atoms with Gasteiger partial charge < -0.3 is 9.73 Å². The highest BCUT2D eigenvalue weighted by Crippen LogP contribution is 2.23. The first-order valence-corrected chi connectivity index (χ1v) is 8.45. The van der Waals surface area contributed by atoms with Gasteiger partial charge in [0.1, 0.15) is 0 Å². The summed E-state index contributed by atoms with van der Waals surface area (Å²) < 4.78 is 5.88. The van der Waals surface area contributed by atoms with Crippen LogP contribution in [0.5, 0.6) is 0 Å². The number of carbonyl (C=O) groups is 1. The molecule has 0 aliphatic heterocycles. The molecule has 1 aromatic carbocycles. The van der Waals surface area contributed by atoms with Crippen molar-refractivity contribution in [2.75, 3.05) is 0 Å². The lowest BCUT2D eigenvalue weighted by molar-refractivity contribution is 0.0896. The summed E-state index contributed by atoms with van der Waals surface area (Å²) in [5.74, 6) is 0.418. The number of carbonyl (C=O) groups excluding carboxylic acids is 1. The Morgan fingerprint density at radius 2 is 1.86 bits per heavy atom. The van der Waals surface area contributed by atoms with Crippen LogP contribution in [0, 0.1) is 5.92 Å². The van der Waals surface area contributed by atoms with Crippen molar-refractivity contribution in [1.82, 2.24) is 5.32 Å². The first-order valence-electron chi connectivity index (χ1n) is 7.66. The summed E-state index contributed by atoms with van der Waals surface area (Å²) in [4.78, 5) is 12.3. The summed E-state index contributed by atoms with van der Waals surface area (Å²) in [6.45, 7) is 6.37. The minimum atomic E-state index is -0.193. The summed E-state index contributed by atoms with van der Waals surface area (Å²) >= 11 is 3.22. The molecular formula is C18H22BrNO2. The molecule has 0 aliphatic rings. The number of hydrogen-bond donors (Lipinski definition) is 1. The van der Waals surface area contributed by atoms with Gasteiger partial charge in [0.25, 0.3) is 5.91 Å². The van der Waals surface area contributed by atoms with Gasteiger partial charge in [-0.2, -0.15) is 0 Å². The third kappa shape index (κ3) is 4.23. The van der Waals surface area contributed by atoms with E-state index in [2.05, 4.69) is 66.3 Å². The fourth-order valence-electron chi connectivity index (χ4n) is 2.46. The lowest BCUT2D eigenvalue weighted by atomic mass is 9.94. The van der Waals surface area contributed by atoms with E-state index < -0.39 is 0 Å². The van der Waals surface area contributed by atoms with Gasteiger partial charge in [0.15, 0.2) is 10.4 Å². The number of nitrogens with one attached hydrogen (secondary N) is 1. The summed E-state index contributed by atoms with van der Waals surface area (Å²) in [6.07, 6.45) is 2.22. The van der Waals surface area contributed by atoms with Crippen molar-refractivity contribution in [2.24, 2.45) is 5.92 Å². The van der Waals surface area contributed by atoms with Crippen LogP contribution in [-0.2, 0) is 6.42 Å². The zero-order chi connectivity index (χ0) is 16.1. The van der Waals surface area contributed by atoms with Crippen LogP contribution in [0.2, 0.25) is 0 Å². The standard InChI is InChI=1S/C18H22BrNO2/c1-4-5-13-6-8-14(9-7-13)17(12(2)3)20-18(21)15-10-11-16(19)22-15/h6-12,17H,4-5H2,1-3H3,(H,20,21). The van der Waals surface area contributed by atoms with Crippen molar-refractivity contribution >= 4 is 21.8 Å². The Hall–Kier alpha value is -1.55. The zero-order valence-corrected chi connectivity index (χ0v) is 14.8. The van der Waals surface area contributed by atoms with E-state index in [1.165, 1.54) is 5.56 Å². The molecule has 1 heterocycles. The molecule has 0 saturated carbocycles. The molecule has 1 amide bonds. The second kappa shape index (κ2) is 7.63. The van der Waals surface area contributed by atoms with Crippen LogP contribution in [-0.4, -0.2) is 5.91 Å². The Morgan fingerprint density at radius 1 is 1.18 bits per heavy atom. The van der Waals surface area contributed by atoms with Gasteiger partial charge in [-0.15, -0.1) is 0 Å². The SMILES string of the molecule is CCCc1ccc(C(NC(=O)c2ccc(Br)o2)C(C)C)cc1. The van der Waals surface area contributed by atoms with E-state index in [0.29, 0.717) is 16.3 Å². The molecule has 1 N–H and O–H groups in total. The van der Waals surface area contributed by atoms with E-state index in [-0.39, 0.29) is 11.9 Å². The lowest BCUT2D eigenvalue weighted by Gasteiger charge is -2.22. The summed E-state index contributed by atoms with van der Waals surface area (Å²) in [7, 11) is 0. The molecular weight excluding hydrogens is 342 g/mol. The monoisotopic (exact) mass is 363 g/mol. The lowest BCUT2D eigenvalue weighted by Crippen LogP contribution is -2.31.